The molecule has 0 aliphatic heterocycles. The molecule has 0 aromatic heterocycles. The maximum atomic E-state index is 6.10. The minimum atomic E-state index is 0.802. The van der Waals surface area contributed by atoms with Crippen LogP contribution in [0.5, 0.6) is 0 Å². The predicted octanol–water partition coefficient (Wildman–Crippen LogP) is 3.94. The minimum absolute atomic E-state index is 0.802. The van der Waals surface area contributed by atoms with Gasteiger partial charge in [0.05, 0.1) is 5.70 Å². The minimum Gasteiger partial charge on any atom is -0.397 e. The van der Waals surface area contributed by atoms with E-state index < -0.39 is 0 Å². The van der Waals surface area contributed by atoms with Crippen molar-refractivity contribution in [2.45, 2.75) is 41.0 Å². The summed E-state index contributed by atoms with van der Waals surface area (Å²) >= 11 is 0. The van der Waals surface area contributed by atoms with E-state index in [0.29, 0.717) is 0 Å². The summed E-state index contributed by atoms with van der Waals surface area (Å²) in [6, 6.07) is 0. The molecule has 0 bridgehead atoms. The zero-order chi connectivity index (χ0) is 13.3. The van der Waals surface area contributed by atoms with E-state index in [9.17, 15) is 0 Å². The maximum absolute atomic E-state index is 6.10. The van der Waals surface area contributed by atoms with Crippen molar-refractivity contribution in [3.63, 3.8) is 0 Å². The molecule has 0 atom stereocenters. The Bertz CT molecular complexity index is 333. The Balaban J connectivity index is 5.02. The smallest absolute Gasteiger partial charge is 0.0549 e. The van der Waals surface area contributed by atoms with Gasteiger partial charge in [0.25, 0.3) is 0 Å². The molecule has 2 heteroatoms. The zero-order valence-electron chi connectivity index (χ0n) is 11.8. The van der Waals surface area contributed by atoms with Crippen LogP contribution in [0.2, 0.25) is 0 Å². The van der Waals surface area contributed by atoms with Gasteiger partial charge in [-0.15, -0.1) is 0 Å². The van der Waals surface area contributed by atoms with Crippen LogP contribution in [0.25, 0.3) is 0 Å². The molecule has 0 unspecified atom stereocenters. The second-order valence-corrected chi connectivity index (χ2v) is 3.87. The molecule has 0 heterocycles. The Hall–Kier alpha value is -1.44. The van der Waals surface area contributed by atoms with Gasteiger partial charge in [-0.25, -0.2) is 0 Å². The first-order valence-electron chi connectivity index (χ1n) is 6.30. The Kier molecular flexibility index (Phi) is 7.95. The van der Waals surface area contributed by atoms with Gasteiger partial charge in [0.1, 0.15) is 0 Å². The monoisotopic (exact) mass is 234 g/mol. The predicted molar refractivity (Wildman–Crippen MR) is 77.3 cm³/mol. The SMILES string of the molecule is C\C=C/C(=C\C)C(/N)=C/N(CC)/C(C)=C\CC. The summed E-state index contributed by atoms with van der Waals surface area (Å²) in [7, 11) is 0. The summed E-state index contributed by atoms with van der Waals surface area (Å²) in [5.41, 5.74) is 9.21. The van der Waals surface area contributed by atoms with Crippen molar-refractivity contribution in [3.05, 3.63) is 47.5 Å². The quantitative estimate of drug-likeness (QED) is 0.705. The van der Waals surface area contributed by atoms with Crippen LogP contribution in [-0.4, -0.2) is 11.4 Å². The molecule has 0 saturated carbocycles. The van der Waals surface area contributed by atoms with E-state index in [-0.39, 0.29) is 0 Å². The molecule has 0 aromatic rings. The van der Waals surface area contributed by atoms with Crippen LogP contribution in [0.4, 0.5) is 0 Å². The van der Waals surface area contributed by atoms with Gasteiger partial charge in [0.15, 0.2) is 0 Å². The van der Waals surface area contributed by atoms with Crippen LogP contribution < -0.4 is 5.73 Å². The summed E-state index contributed by atoms with van der Waals surface area (Å²) in [5, 5.41) is 0. The molecular formula is C15H26N2. The highest BCUT2D eigenvalue weighted by atomic mass is 15.1. The molecular weight excluding hydrogens is 208 g/mol. The van der Waals surface area contributed by atoms with E-state index >= 15 is 0 Å². The molecule has 0 saturated heterocycles. The van der Waals surface area contributed by atoms with E-state index in [1.165, 1.54) is 5.70 Å². The van der Waals surface area contributed by atoms with Gasteiger partial charge in [-0.2, -0.15) is 0 Å². The Morgan fingerprint density at radius 2 is 1.88 bits per heavy atom. The van der Waals surface area contributed by atoms with Gasteiger partial charge in [-0.05, 0) is 39.7 Å². The summed E-state index contributed by atoms with van der Waals surface area (Å²) in [5.74, 6) is 0. The van der Waals surface area contributed by atoms with E-state index in [2.05, 4.69) is 31.7 Å². The largest absolute Gasteiger partial charge is 0.397 e. The molecule has 0 aliphatic rings. The van der Waals surface area contributed by atoms with Crippen molar-refractivity contribution in [1.29, 1.82) is 0 Å². The fourth-order valence-electron chi connectivity index (χ4n) is 1.64. The molecule has 2 nitrogen and oxygen atoms in total. The van der Waals surface area contributed by atoms with Crippen molar-refractivity contribution in [2.75, 3.05) is 6.54 Å². The highest BCUT2D eigenvalue weighted by Gasteiger charge is 2.02. The third kappa shape index (κ3) is 5.43. The molecule has 0 spiro atoms. The van der Waals surface area contributed by atoms with Crippen molar-refractivity contribution in [2.24, 2.45) is 5.73 Å². The zero-order valence-corrected chi connectivity index (χ0v) is 11.8. The Morgan fingerprint density at radius 1 is 1.24 bits per heavy atom. The molecule has 0 amide bonds. The fourth-order valence-corrected chi connectivity index (χ4v) is 1.64. The van der Waals surface area contributed by atoms with Crippen molar-refractivity contribution >= 4 is 0 Å². The molecule has 2 N–H and O–H groups in total. The summed E-state index contributed by atoms with van der Waals surface area (Å²) < 4.78 is 0. The van der Waals surface area contributed by atoms with Crippen LogP contribution in [0.1, 0.15) is 41.0 Å². The van der Waals surface area contributed by atoms with Crippen molar-refractivity contribution in [3.8, 4) is 0 Å². The highest BCUT2D eigenvalue weighted by molar-refractivity contribution is 5.37. The van der Waals surface area contributed by atoms with E-state index in [1.807, 2.05) is 38.3 Å². The summed E-state index contributed by atoms with van der Waals surface area (Å²) in [4.78, 5) is 2.17. The van der Waals surface area contributed by atoms with Gasteiger partial charge in [-0.3, -0.25) is 0 Å². The van der Waals surface area contributed by atoms with Gasteiger partial charge in [0.2, 0.25) is 0 Å². The third-order valence-electron chi connectivity index (χ3n) is 2.58. The van der Waals surface area contributed by atoms with E-state index in [0.717, 1.165) is 24.2 Å². The number of nitrogens with zero attached hydrogens (tertiary/aromatic N) is 1. The van der Waals surface area contributed by atoms with Crippen LogP contribution in [0, 0.1) is 0 Å². The van der Waals surface area contributed by atoms with Crippen molar-refractivity contribution < 1.29 is 0 Å². The highest BCUT2D eigenvalue weighted by Crippen LogP contribution is 2.11. The van der Waals surface area contributed by atoms with Gasteiger partial charge < -0.3 is 10.6 Å². The molecule has 0 rings (SSSR count). The maximum Gasteiger partial charge on any atom is 0.0549 e. The number of nitrogens with two attached hydrogens (primary N) is 1. The summed E-state index contributed by atoms with van der Waals surface area (Å²) in [6.45, 7) is 11.3. The first kappa shape index (κ1) is 15.6. The molecule has 17 heavy (non-hydrogen) atoms. The second-order valence-electron chi connectivity index (χ2n) is 3.87. The normalized spacial score (nSPS) is 14.5. The number of hydrogen-bond acceptors (Lipinski definition) is 2. The number of hydrogen-bond donors (Lipinski definition) is 1. The lowest BCUT2D eigenvalue weighted by Gasteiger charge is -2.20. The average molecular weight is 234 g/mol. The van der Waals surface area contributed by atoms with Crippen LogP contribution >= 0.6 is 0 Å². The number of allylic oxidation sites excluding steroid dienone is 5. The van der Waals surface area contributed by atoms with E-state index in [4.69, 9.17) is 5.73 Å². The molecule has 0 aromatic carbocycles. The lowest BCUT2D eigenvalue weighted by molar-refractivity contribution is 0.486. The average Bonchev–Trinajstić information content (AvgIpc) is 2.32. The first-order valence-corrected chi connectivity index (χ1v) is 6.30. The van der Waals surface area contributed by atoms with Gasteiger partial charge in [-0.1, -0.05) is 31.2 Å². The van der Waals surface area contributed by atoms with Crippen LogP contribution in [-0.2, 0) is 0 Å². The third-order valence-corrected chi connectivity index (χ3v) is 2.58. The molecule has 0 aliphatic carbocycles. The molecule has 0 radical (unpaired) electrons. The van der Waals surface area contributed by atoms with Gasteiger partial charge >= 0.3 is 0 Å². The van der Waals surface area contributed by atoms with Crippen molar-refractivity contribution in [1.82, 2.24) is 4.90 Å². The van der Waals surface area contributed by atoms with Gasteiger partial charge in [0, 0.05) is 18.4 Å². The standard InChI is InChI=1S/C15H26N2/c1-6-10-13(5)17(9-4)12-15(16)14(8-3)11-7-2/h7-8,10-12H,6,9,16H2,1-5H3/b11-7-,13-10-,14-8+,15-12-. The lowest BCUT2D eigenvalue weighted by atomic mass is 10.2. The Labute approximate surface area is 106 Å². The Morgan fingerprint density at radius 3 is 2.29 bits per heavy atom. The molecule has 0 fully saturated rings. The lowest BCUT2D eigenvalue weighted by Crippen LogP contribution is -2.17. The van der Waals surface area contributed by atoms with Crippen LogP contribution in [0.15, 0.2) is 47.5 Å². The van der Waals surface area contributed by atoms with E-state index in [1.54, 1.807) is 0 Å². The first-order chi connectivity index (χ1) is 8.10. The topological polar surface area (TPSA) is 29.3 Å². The van der Waals surface area contributed by atoms with Crippen LogP contribution in [0.3, 0.4) is 0 Å². The number of rotatable bonds is 6. The molecule has 96 valence electrons. The summed E-state index contributed by atoms with van der Waals surface area (Å²) in [6.07, 6.45) is 11.3. The second kappa shape index (κ2) is 8.68. The fraction of sp³-hybridized carbons (Fsp3) is 0.467.